The molecule has 3 rings (SSSR count). The number of rotatable bonds is 5. The molecule has 0 aliphatic carbocycles. The molecule has 1 heterocycles. The summed E-state index contributed by atoms with van der Waals surface area (Å²) in [5, 5.41) is 12.9. The van der Waals surface area contributed by atoms with Crippen LogP contribution in [0.2, 0.25) is 0 Å². The number of amides is 1. The van der Waals surface area contributed by atoms with E-state index in [1.807, 2.05) is 36.4 Å². The Balaban J connectivity index is 1.84. The van der Waals surface area contributed by atoms with Gasteiger partial charge in [0.05, 0.1) is 11.1 Å². The van der Waals surface area contributed by atoms with Crippen LogP contribution in [0.5, 0.6) is 0 Å². The maximum Gasteiger partial charge on any atom is 0.326 e. The van der Waals surface area contributed by atoms with Crippen LogP contribution in [0.1, 0.15) is 15.9 Å². The summed E-state index contributed by atoms with van der Waals surface area (Å²) in [6, 6.07) is 15.5. The summed E-state index contributed by atoms with van der Waals surface area (Å²) in [6.45, 7) is 0. The molecule has 126 valence electrons. The molecule has 1 aromatic heterocycles. The second kappa shape index (κ2) is 7.60. The Kier molecular flexibility index (Phi) is 5.28. The molecule has 0 radical (unpaired) electrons. The molecule has 25 heavy (non-hydrogen) atoms. The molecule has 0 unspecified atom stereocenters. The number of nitrogens with zero attached hydrogens (tertiary/aromatic N) is 1. The lowest BCUT2D eigenvalue weighted by molar-refractivity contribution is -0.139. The summed E-state index contributed by atoms with van der Waals surface area (Å²) in [5.41, 5.74) is 1.78. The summed E-state index contributed by atoms with van der Waals surface area (Å²) in [6.07, 6.45) is 1.83. The number of halogens is 1. The van der Waals surface area contributed by atoms with Crippen molar-refractivity contribution >= 4 is 45.4 Å². The maximum atomic E-state index is 12.6. The summed E-state index contributed by atoms with van der Waals surface area (Å²) in [5.74, 6) is -1.51. The number of nitrogens with one attached hydrogen (secondary N) is 1. The van der Waals surface area contributed by atoms with Gasteiger partial charge in [-0.05, 0) is 52.4 Å². The van der Waals surface area contributed by atoms with Gasteiger partial charge in [0, 0.05) is 21.6 Å². The molecule has 0 saturated heterocycles. The molecule has 1 atom stereocenters. The largest absolute Gasteiger partial charge is 0.480 e. The molecule has 0 aliphatic heterocycles. The minimum Gasteiger partial charge on any atom is -0.480 e. The monoisotopic (exact) mass is 446 g/mol. The van der Waals surface area contributed by atoms with Gasteiger partial charge in [-0.2, -0.15) is 0 Å². The fourth-order valence-electron chi connectivity index (χ4n) is 2.62. The van der Waals surface area contributed by atoms with Crippen molar-refractivity contribution in [1.82, 2.24) is 10.3 Å². The van der Waals surface area contributed by atoms with Crippen LogP contribution in [-0.2, 0) is 11.2 Å². The number of aromatic nitrogens is 1. The van der Waals surface area contributed by atoms with E-state index in [4.69, 9.17) is 0 Å². The van der Waals surface area contributed by atoms with E-state index in [0.29, 0.717) is 11.1 Å². The normalized spacial score (nSPS) is 11.9. The number of para-hydroxylation sites is 1. The number of pyridine rings is 1. The fourth-order valence-corrected chi connectivity index (χ4v) is 3.23. The molecule has 6 heteroatoms. The Bertz CT molecular complexity index is 937. The summed E-state index contributed by atoms with van der Waals surface area (Å²) < 4.78 is 1.02. The van der Waals surface area contributed by atoms with Crippen LogP contribution in [0, 0.1) is 3.57 Å². The molecular weight excluding hydrogens is 431 g/mol. The average molecular weight is 446 g/mol. The first-order valence-corrected chi connectivity index (χ1v) is 8.74. The number of carbonyl (C=O) groups excluding carboxylic acids is 1. The predicted molar refractivity (Wildman–Crippen MR) is 103 cm³/mol. The molecular formula is C19H15IN2O3. The highest BCUT2D eigenvalue weighted by molar-refractivity contribution is 14.1. The Morgan fingerprint density at radius 3 is 2.64 bits per heavy atom. The lowest BCUT2D eigenvalue weighted by Gasteiger charge is -2.15. The number of hydrogen-bond donors (Lipinski definition) is 2. The molecule has 0 fully saturated rings. The maximum absolute atomic E-state index is 12.6. The number of carboxylic acid groups (broad SMARTS) is 1. The molecule has 3 aromatic rings. The second-order valence-electron chi connectivity index (χ2n) is 5.58. The number of benzene rings is 2. The smallest absolute Gasteiger partial charge is 0.326 e. The molecule has 0 bridgehead atoms. The van der Waals surface area contributed by atoms with Gasteiger partial charge in [0.1, 0.15) is 6.04 Å². The first-order chi connectivity index (χ1) is 12.0. The molecule has 2 N–H and O–H groups in total. The highest BCUT2D eigenvalue weighted by atomic mass is 127. The van der Waals surface area contributed by atoms with E-state index in [1.54, 1.807) is 24.4 Å². The van der Waals surface area contributed by atoms with Gasteiger partial charge >= 0.3 is 5.97 Å². The van der Waals surface area contributed by atoms with Gasteiger partial charge in [0.25, 0.3) is 5.91 Å². The van der Waals surface area contributed by atoms with E-state index in [1.165, 1.54) is 0 Å². The van der Waals surface area contributed by atoms with E-state index in [0.717, 1.165) is 14.5 Å². The van der Waals surface area contributed by atoms with Crippen molar-refractivity contribution in [1.29, 1.82) is 0 Å². The molecule has 0 saturated carbocycles. The number of hydrogen-bond acceptors (Lipinski definition) is 3. The van der Waals surface area contributed by atoms with Crippen LogP contribution in [-0.4, -0.2) is 28.0 Å². The number of carbonyl (C=O) groups is 2. The van der Waals surface area contributed by atoms with Crippen molar-refractivity contribution in [3.63, 3.8) is 0 Å². The second-order valence-corrected chi connectivity index (χ2v) is 6.82. The van der Waals surface area contributed by atoms with Gasteiger partial charge in [-0.1, -0.05) is 30.3 Å². The molecule has 1 amide bonds. The number of carboxylic acids is 1. The van der Waals surface area contributed by atoms with Crippen molar-refractivity contribution in [2.24, 2.45) is 0 Å². The highest BCUT2D eigenvalue weighted by Crippen LogP contribution is 2.16. The molecule has 0 spiro atoms. The minimum absolute atomic E-state index is 0.218. The van der Waals surface area contributed by atoms with E-state index in [-0.39, 0.29) is 6.42 Å². The first kappa shape index (κ1) is 17.3. The highest BCUT2D eigenvalue weighted by Gasteiger charge is 2.22. The van der Waals surface area contributed by atoms with E-state index in [9.17, 15) is 14.7 Å². The first-order valence-electron chi connectivity index (χ1n) is 7.66. The Morgan fingerprint density at radius 2 is 1.88 bits per heavy atom. The summed E-state index contributed by atoms with van der Waals surface area (Å²) in [4.78, 5) is 28.4. The van der Waals surface area contributed by atoms with Crippen molar-refractivity contribution in [3.05, 3.63) is 75.5 Å². The Morgan fingerprint density at radius 1 is 1.12 bits per heavy atom. The fraction of sp³-hybridized carbons (Fsp3) is 0.105. The van der Waals surface area contributed by atoms with Crippen molar-refractivity contribution in [3.8, 4) is 0 Å². The van der Waals surface area contributed by atoms with Crippen LogP contribution in [0.3, 0.4) is 0 Å². The molecule has 2 aromatic carbocycles. The van der Waals surface area contributed by atoms with Crippen LogP contribution in [0.4, 0.5) is 0 Å². The van der Waals surface area contributed by atoms with Crippen LogP contribution in [0.15, 0.2) is 60.8 Å². The van der Waals surface area contributed by atoms with Gasteiger partial charge in [-0.15, -0.1) is 0 Å². The van der Waals surface area contributed by atoms with Gasteiger partial charge in [-0.25, -0.2) is 4.79 Å². The number of fused-ring (bicyclic) bond motifs is 1. The molecule has 0 aliphatic rings. The van der Waals surface area contributed by atoms with E-state index >= 15 is 0 Å². The van der Waals surface area contributed by atoms with Gasteiger partial charge in [-0.3, -0.25) is 9.78 Å². The third-order valence-electron chi connectivity index (χ3n) is 3.81. The van der Waals surface area contributed by atoms with Crippen molar-refractivity contribution in [2.75, 3.05) is 0 Å². The predicted octanol–water partition coefficient (Wildman–Crippen LogP) is 3.27. The van der Waals surface area contributed by atoms with Gasteiger partial charge in [0.15, 0.2) is 0 Å². The zero-order chi connectivity index (χ0) is 17.8. The summed E-state index contributed by atoms with van der Waals surface area (Å²) in [7, 11) is 0. The van der Waals surface area contributed by atoms with Crippen LogP contribution >= 0.6 is 22.6 Å². The van der Waals surface area contributed by atoms with Crippen LogP contribution < -0.4 is 5.32 Å². The Labute approximate surface area is 158 Å². The third kappa shape index (κ3) is 4.14. The van der Waals surface area contributed by atoms with Crippen molar-refractivity contribution in [2.45, 2.75) is 12.5 Å². The SMILES string of the molecule is O=C(N[C@H](Cc1cccc(I)c1)C(=O)O)c1cccc2cccnc12. The van der Waals surface area contributed by atoms with E-state index < -0.39 is 17.9 Å². The van der Waals surface area contributed by atoms with Gasteiger partial charge in [0.2, 0.25) is 0 Å². The zero-order valence-electron chi connectivity index (χ0n) is 13.1. The third-order valence-corrected chi connectivity index (χ3v) is 4.48. The summed E-state index contributed by atoms with van der Waals surface area (Å²) >= 11 is 2.17. The lowest BCUT2D eigenvalue weighted by Crippen LogP contribution is -2.42. The number of aliphatic carboxylic acids is 1. The Hall–Kier alpha value is -2.48. The van der Waals surface area contributed by atoms with E-state index in [2.05, 4.69) is 32.9 Å². The average Bonchev–Trinajstić information content (AvgIpc) is 2.60. The minimum atomic E-state index is -1.07. The van der Waals surface area contributed by atoms with Crippen LogP contribution in [0.25, 0.3) is 10.9 Å². The standard InChI is InChI=1S/C19H15IN2O3/c20-14-7-1-4-12(10-14)11-16(19(24)25)22-18(23)15-8-2-5-13-6-3-9-21-17(13)15/h1-10,16H,11H2,(H,22,23)(H,24,25)/t16-/m1/s1. The van der Waals surface area contributed by atoms with Crippen molar-refractivity contribution < 1.29 is 14.7 Å². The molecule has 5 nitrogen and oxygen atoms in total. The lowest BCUT2D eigenvalue weighted by atomic mass is 10.0. The topological polar surface area (TPSA) is 79.3 Å². The zero-order valence-corrected chi connectivity index (χ0v) is 15.3. The van der Waals surface area contributed by atoms with Gasteiger partial charge < -0.3 is 10.4 Å². The quantitative estimate of drug-likeness (QED) is 0.590.